The van der Waals surface area contributed by atoms with E-state index in [9.17, 15) is 9.59 Å². The molecular weight excluding hydrogens is 244 g/mol. The zero-order valence-corrected chi connectivity index (χ0v) is 11.9. The van der Waals surface area contributed by atoms with Gasteiger partial charge in [-0.3, -0.25) is 4.79 Å². The number of carbonyl (C=O) groups is 2. The molecule has 1 unspecified atom stereocenters. The molecule has 1 aliphatic heterocycles. The third-order valence-corrected chi connectivity index (χ3v) is 3.48. The molecule has 1 saturated heterocycles. The molecule has 1 heterocycles. The Morgan fingerprint density at radius 3 is 2.74 bits per heavy atom. The number of nitrogens with two attached hydrogens (primary N) is 1. The van der Waals surface area contributed by atoms with Crippen LogP contribution < -0.4 is 5.73 Å². The largest absolute Gasteiger partial charge is 0.464 e. The van der Waals surface area contributed by atoms with Crippen LogP contribution >= 0.6 is 0 Å². The van der Waals surface area contributed by atoms with Crippen LogP contribution in [-0.4, -0.2) is 42.5 Å². The summed E-state index contributed by atoms with van der Waals surface area (Å²) in [7, 11) is 0. The number of hydrogen-bond donors (Lipinski definition) is 1. The maximum atomic E-state index is 12.2. The Bertz CT molecular complexity index is 294. The van der Waals surface area contributed by atoms with Crippen LogP contribution in [0.3, 0.4) is 0 Å². The van der Waals surface area contributed by atoms with E-state index in [1.165, 1.54) is 0 Å². The molecule has 1 atom stereocenters. The third kappa shape index (κ3) is 5.19. The molecule has 0 aliphatic carbocycles. The minimum absolute atomic E-state index is 0.0785. The van der Waals surface area contributed by atoms with Gasteiger partial charge in [0.2, 0.25) is 5.91 Å². The highest BCUT2D eigenvalue weighted by Gasteiger charge is 2.32. The van der Waals surface area contributed by atoms with Crippen molar-refractivity contribution in [3.05, 3.63) is 0 Å². The molecule has 0 bridgehead atoms. The predicted molar refractivity (Wildman–Crippen MR) is 73.5 cm³/mol. The molecule has 19 heavy (non-hydrogen) atoms. The Kier molecular flexibility index (Phi) is 7.48. The number of carbonyl (C=O) groups excluding carboxylic acids is 2. The van der Waals surface area contributed by atoms with Gasteiger partial charge in [0.15, 0.2) is 0 Å². The molecule has 0 saturated carbocycles. The van der Waals surface area contributed by atoms with Crippen molar-refractivity contribution in [1.82, 2.24) is 4.90 Å². The van der Waals surface area contributed by atoms with Gasteiger partial charge in [0.1, 0.15) is 6.04 Å². The van der Waals surface area contributed by atoms with Crippen LogP contribution in [-0.2, 0) is 14.3 Å². The Labute approximate surface area is 115 Å². The van der Waals surface area contributed by atoms with Crippen LogP contribution in [0.15, 0.2) is 0 Å². The van der Waals surface area contributed by atoms with Crippen molar-refractivity contribution in [3.8, 4) is 0 Å². The first-order valence-electron chi connectivity index (χ1n) is 7.36. The van der Waals surface area contributed by atoms with Crippen molar-refractivity contribution in [2.45, 2.75) is 57.9 Å². The lowest BCUT2D eigenvalue weighted by molar-refractivity contribution is -0.156. The van der Waals surface area contributed by atoms with E-state index in [0.717, 1.165) is 38.5 Å². The summed E-state index contributed by atoms with van der Waals surface area (Å²) in [5.41, 5.74) is 5.43. The maximum absolute atomic E-state index is 12.2. The van der Waals surface area contributed by atoms with Crippen molar-refractivity contribution in [3.63, 3.8) is 0 Å². The van der Waals surface area contributed by atoms with Crippen LogP contribution in [0, 0.1) is 0 Å². The van der Waals surface area contributed by atoms with Gasteiger partial charge >= 0.3 is 5.97 Å². The van der Waals surface area contributed by atoms with Gasteiger partial charge in [-0.05, 0) is 45.6 Å². The Morgan fingerprint density at radius 2 is 2.05 bits per heavy atom. The van der Waals surface area contributed by atoms with Crippen LogP contribution in [0.5, 0.6) is 0 Å². The van der Waals surface area contributed by atoms with Gasteiger partial charge < -0.3 is 15.4 Å². The Balaban J connectivity index is 2.46. The molecule has 1 aliphatic rings. The predicted octanol–water partition coefficient (Wildman–Crippen LogP) is 1.45. The fourth-order valence-electron chi connectivity index (χ4n) is 2.45. The summed E-state index contributed by atoms with van der Waals surface area (Å²) >= 11 is 0. The molecule has 2 N–H and O–H groups in total. The third-order valence-electron chi connectivity index (χ3n) is 3.48. The van der Waals surface area contributed by atoms with Gasteiger partial charge in [0.05, 0.1) is 6.61 Å². The molecule has 0 radical (unpaired) electrons. The first-order valence-corrected chi connectivity index (χ1v) is 7.36. The zero-order chi connectivity index (χ0) is 14.1. The summed E-state index contributed by atoms with van der Waals surface area (Å²) in [6, 6.07) is -0.365. The van der Waals surface area contributed by atoms with Crippen molar-refractivity contribution in [1.29, 1.82) is 0 Å². The molecule has 5 heteroatoms. The second kappa shape index (κ2) is 8.91. The molecule has 1 amide bonds. The highest BCUT2D eigenvalue weighted by molar-refractivity contribution is 5.84. The van der Waals surface area contributed by atoms with Gasteiger partial charge in [-0.15, -0.1) is 0 Å². The van der Waals surface area contributed by atoms with Crippen LogP contribution in [0.4, 0.5) is 0 Å². The number of ether oxygens (including phenoxy) is 1. The zero-order valence-electron chi connectivity index (χ0n) is 11.9. The topological polar surface area (TPSA) is 72.6 Å². The van der Waals surface area contributed by atoms with Gasteiger partial charge in [-0.25, -0.2) is 4.79 Å². The van der Waals surface area contributed by atoms with Gasteiger partial charge in [-0.1, -0.05) is 6.42 Å². The quantitative estimate of drug-likeness (QED) is 0.561. The summed E-state index contributed by atoms with van der Waals surface area (Å²) in [6.45, 7) is 3.51. The van der Waals surface area contributed by atoms with E-state index in [1.54, 1.807) is 11.8 Å². The molecule has 1 rings (SSSR count). The molecule has 0 aromatic rings. The summed E-state index contributed by atoms with van der Waals surface area (Å²) in [5.74, 6) is -0.174. The van der Waals surface area contributed by atoms with E-state index in [4.69, 9.17) is 10.5 Å². The van der Waals surface area contributed by atoms with E-state index in [2.05, 4.69) is 0 Å². The fourth-order valence-corrected chi connectivity index (χ4v) is 2.45. The number of likely N-dealkylation sites (tertiary alicyclic amines) is 1. The number of amides is 1. The van der Waals surface area contributed by atoms with Crippen LogP contribution in [0.1, 0.15) is 51.9 Å². The van der Waals surface area contributed by atoms with Crippen molar-refractivity contribution >= 4 is 11.9 Å². The average Bonchev–Trinajstić information content (AvgIpc) is 2.43. The van der Waals surface area contributed by atoms with E-state index < -0.39 is 0 Å². The highest BCUT2D eigenvalue weighted by Crippen LogP contribution is 2.20. The van der Waals surface area contributed by atoms with E-state index in [0.29, 0.717) is 26.1 Å². The SMILES string of the molecule is CCOC(=O)C1CCCCN1C(=O)CCCCCN. The van der Waals surface area contributed by atoms with E-state index >= 15 is 0 Å². The average molecular weight is 270 g/mol. The van der Waals surface area contributed by atoms with Crippen LogP contribution in [0.2, 0.25) is 0 Å². The standard InChI is InChI=1S/C14H26N2O3/c1-2-19-14(18)12-8-5-7-11-16(12)13(17)9-4-3-6-10-15/h12H,2-11,15H2,1H3. The maximum Gasteiger partial charge on any atom is 0.328 e. The lowest BCUT2D eigenvalue weighted by atomic mass is 10.0. The number of esters is 1. The lowest BCUT2D eigenvalue weighted by Crippen LogP contribution is -2.48. The van der Waals surface area contributed by atoms with Gasteiger partial charge in [0, 0.05) is 13.0 Å². The molecular formula is C14H26N2O3. The number of rotatable bonds is 7. The monoisotopic (exact) mass is 270 g/mol. The van der Waals surface area contributed by atoms with Crippen molar-refractivity contribution in [2.24, 2.45) is 5.73 Å². The number of nitrogens with zero attached hydrogens (tertiary/aromatic N) is 1. The van der Waals surface area contributed by atoms with E-state index in [-0.39, 0.29) is 17.9 Å². The van der Waals surface area contributed by atoms with Crippen molar-refractivity contribution < 1.29 is 14.3 Å². The van der Waals surface area contributed by atoms with Gasteiger partial charge in [-0.2, -0.15) is 0 Å². The van der Waals surface area contributed by atoms with E-state index in [1.807, 2.05) is 0 Å². The van der Waals surface area contributed by atoms with Gasteiger partial charge in [0.25, 0.3) is 0 Å². The summed E-state index contributed by atoms with van der Waals surface area (Å²) in [4.78, 5) is 25.7. The van der Waals surface area contributed by atoms with Crippen molar-refractivity contribution in [2.75, 3.05) is 19.7 Å². The highest BCUT2D eigenvalue weighted by atomic mass is 16.5. The minimum atomic E-state index is -0.365. The molecule has 0 aromatic carbocycles. The summed E-state index contributed by atoms with van der Waals surface area (Å²) in [6.07, 6.45) is 5.98. The molecule has 5 nitrogen and oxygen atoms in total. The first kappa shape index (κ1) is 16.0. The smallest absolute Gasteiger partial charge is 0.328 e. The lowest BCUT2D eigenvalue weighted by Gasteiger charge is -2.34. The number of hydrogen-bond acceptors (Lipinski definition) is 4. The summed E-state index contributed by atoms with van der Waals surface area (Å²) < 4.78 is 5.06. The second-order valence-corrected chi connectivity index (χ2v) is 4.95. The second-order valence-electron chi connectivity index (χ2n) is 4.95. The van der Waals surface area contributed by atoms with Crippen LogP contribution in [0.25, 0.3) is 0 Å². The molecule has 0 aromatic heterocycles. The number of unbranched alkanes of at least 4 members (excludes halogenated alkanes) is 2. The number of piperidine rings is 1. The Morgan fingerprint density at radius 1 is 1.26 bits per heavy atom. The normalized spacial score (nSPS) is 19.3. The first-order chi connectivity index (χ1) is 9.20. The fraction of sp³-hybridized carbons (Fsp3) is 0.857. The molecule has 110 valence electrons. The molecule has 0 spiro atoms. The minimum Gasteiger partial charge on any atom is -0.464 e. The summed E-state index contributed by atoms with van der Waals surface area (Å²) in [5, 5.41) is 0. The Hall–Kier alpha value is -1.10. The molecule has 1 fully saturated rings.